The third-order valence-electron chi connectivity index (χ3n) is 3.55. The molecule has 0 bridgehead atoms. The minimum Gasteiger partial charge on any atom is -0.398 e. The third-order valence-corrected chi connectivity index (χ3v) is 3.55. The van der Waals surface area contributed by atoms with Gasteiger partial charge in [-0.2, -0.15) is 0 Å². The minimum atomic E-state index is 0.649. The summed E-state index contributed by atoms with van der Waals surface area (Å²) in [6.45, 7) is 5.11. The van der Waals surface area contributed by atoms with Gasteiger partial charge in [0.15, 0.2) is 0 Å². The Morgan fingerprint density at radius 1 is 1.47 bits per heavy atom. The van der Waals surface area contributed by atoms with Crippen LogP contribution >= 0.6 is 0 Å². The Morgan fingerprint density at radius 3 is 3.00 bits per heavy atom. The number of hydrogen-bond donors (Lipinski definition) is 1. The van der Waals surface area contributed by atoms with Crippen LogP contribution in [0, 0.1) is 12.8 Å². The lowest BCUT2D eigenvalue weighted by Gasteiger charge is -2.34. The summed E-state index contributed by atoms with van der Waals surface area (Å²) in [4.78, 5) is 2.42. The number of rotatable bonds is 3. The van der Waals surface area contributed by atoms with Crippen LogP contribution in [0.3, 0.4) is 0 Å². The molecule has 0 amide bonds. The highest BCUT2D eigenvalue weighted by molar-refractivity contribution is 5.59. The second kappa shape index (κ2) is 5.41. The van der Waals surface area contributed by atoms with Crippen LogP contribution in [-0.4, -0.2) is 26.8 Å². The Balaban J connectivity index is 2.08. The minimum absolute atomic E-state index is 0.649. The highest BCUT2D eigenvalue weighted by Gasteiger charge is 2.20. The summed E-state index contributed by atoms with van der Waals surface area (Å²) in [5, 5.41) is 0. The Bertz CT molecular complexity index is 376. The fraction of sp³-hybridized carbons (Fsp3) is 0.571. The molecule has 94 valence electrons. The maximum absolute atomic E-state index is 5.97. The van der Waals surface area contributed by atoms with Crippen LogP contribution in [-0.2, 0) is 4.74 Å². The number of nitrogens with zero attached hydrogens (tertiary/aromatic N) is 1. The molecule has 1 unspecified atom stereocenters. The first-order valence-electron chi connectivity index (χ1n) is 6.30. The first-order valence-corrected chi connectivity index (χ1v) is 6.30. The van der Waals surface area contributed by atoms with Gasteiger partial charge in [0.1, 0.15) is 0 Å². The summed E-state index contributed by atoms with van der Waals surface area (Å²) in [5.74, 6) is 0.649. The zero-order valence-electron chi connectivity index (χ0n) is 10.8. The number of aryl methyl sites for hydroxylation is 1. The van der Waals surface area contributed by atoms with Gasteiger partial charge in [-0.15, -0.1) is 0 Å². The Hall–Kier alpha value is -1.22. The molecular formula is C14H22N2O. The van der Waals surface area contributed by atoms with Crippen LogP contribution in [0.25, 0.3) is 0 Å². The van der Waals surface area contributed by atoms with E-state index < -0.39 is 0 Å². The monoisotopic (exact) mass is 234 g/mol. The smallest absolute Gasteiger partial charge is 0.0507 e. The molecule has 1 fully saturated rings. The zero-order chi connectivity index (χ0) is 12.3. The Morgan fingerprint density at radius 2 is 2.29 bits per heavy atom. The van der Waals surface area contributed by atoms with E-state index in [9.17, 15) is 0 Å². The van der Waals surface area contributed by atoms with Gasteiger partial charge >= 0.3 is 0 Å². The molecule has 0 aromatic heterocycles. The fourth-order valence-electron chi connectivity index (χ4n) is 2.50. The van der Waals surface area contributed by atoms with Crippen LogP contribution in [0.2, 0.25) is 0 Å². The number of hydrogen-bond acceptors (Lipinski definition) is 3. The molecule has 1 aromatic rings. The number of methoxy groups -OCH3 is 1. The standard InChI is InChI=1S/C14H22N2O/c1-11-5-6-13(8-14(11)15)16-7-3-4-12(9-16)10-17-2/h5-6,8,12H,3-4,7,9-10,15H2,1-2H3. The van der Waals surface area contributed by atoms with Crippen molar-refractivity contribution in [1.82, 2.24) is 0 Å². The average Bonchev–Trinajstić information content (AvgIpc) is 2.33. The van der Waals surface area contributed by atoms with Gasteiger partial charge in [0, 0.05) is 31.6 Å². The van der Waals surface area contributed by atoms with E-state index in [2.05, 4.69) is 23.1 Å². The largest absolute Gasteiger partial charge is 0.398 e. The first kappa shape index (κ1) is 12.2. The van der Waals surface area contributed by atoms with E-state index in [0.717, 1.165) is 30.9 Å². The average molecular weight is 234 g/mol. The lowest BCUT2D eigenvalue weighted by molar-refractivity contribution is 0.143. The number of benzene rings is 1. The molecule has 1 aromatic carbocycles. The van der Waals surface area contributed by atoms with Gasteiger partial charge in [0.25, 0.3) is 0 Å². The molecule has 1 saturated heterocycles. The van der Waals surface area contributed by atoms with Crippen LogP contribution in [0.5, 0.6) is 0 Å². The summed E-state index contributed by atoms with van der Waals surface area (Å²) in [5.41, 5.74) is 9.25. The van der Waals surface area contributed by atoms with Crippen LogP contribution in [0.4, 0.5) is 11.4 Å². The van der Waals surface area contributed by atoms with Crippen molar-refractivity contribution in [2.24, 2.45) is 5.92 Å². The third kappa shape index (κ3) is 2.91. The highest BCUT2D eigenvalue weighted by Crippen LogP contribution is 2.26. The highest BCUT2D eigenvalue weighted by atomic mass is 16.5. The Kier molecular flexibility index (Phi) is 3.89. The predicted molar refractivity (Wildman–Crippen MR) is 72.4 cm³/mol. The van der Waals surface area contributed by atoms with Crippen molar-refractivity contribution >= 4 is 11.4 Å². The van der Waals surface area contributed by atoms with Gasteiger partial charge in [0.05, 0.1) is 6.61 Å². The summed E-state index contributed by atoms with van der Waals surface area (Å²) < 4.78 is 5.26. The van der Waals surface area contributed by atoms with Crippen molar-refractivity contribution in [2.75, 3.05) is 37.4 Å². The van der Waals surface area contributed by atoms with Gasteiger partial charge in [-0.1, -0.05) is 6.07 Å². The van der Waals surface area contributed by atoms with Crippen molar-refractivity contribution in [3.8, 4) is 0 Å². The molecule has 1 aliphatic rings. The van der Waals surface area contributed by atoms with E-state index in [0.29, 0.717) is 5.92 Å². The van der Waals surface area contributed by atoms with Crippen molar-refractivity contribution in [3.05, 3.63) is 23.8 Å². The van der Waals surface area contributed by atoms with Gasteiger partial charge in [0.2, 0.25) is 0 Å². The molecular weight excluding hydrogens is 212 g/mol. The number of piperidine rings is 1. The van der Waals surface area contributed by atoms with E-state index in [4.69, 9.17) is 10.5 Å². The second-order valence-electron chi connectivity index (χ2n) is 4.95. The normalized spacial score (nSPS) is 20.6. The maximum Gasteiger partial charge on any atom is 0.0507 e. The second-order valence-corrected chi connectivity index (χ2v) is 4.95. The molecule has 2 rings (SSSR count). The number of nitrogens with two attached hydrogens (primary N) is 1. The molecule has 17 heavy (non-hydrogen) atoms. The molecule has 3 nitrogen and oxygen atoms in total. The maximum atomic E-state index is 5.97. The first-order chi connectivity index (χ1) is 8.20. The zero-order valence-corrected chi connectivity index (χ0v) is 10.8. The van der Waals surface area contributed by atoms with Crippen molar-refractivity contribution in [3.63, 3.8) is 0 Å². The quantitative estimate of drug-likeness (QED) is 0.816. The molecule has 0 spiro atoms. The molecule has 1 aliphatic heterocycles. The molecule has 0 saturated carbocycles. The molecule has 2 N–H and O–H groups in total. The number of anilines is 2. The van der Waals surface area contributed by atoms with Crippen LogP contribution in [0.15, 0.2) is 18.2 Å². The van der Waals surface area contributed by atoms with Crippen molar-refractivity contribution in [2.45, 2.75) is 19.8 Å². The van der Waals surface area contributed by atoms with Crippen molar-refractivity contribution < 1.29 is 4.74 Å². The van der Waals surface area contributed by atoms with E-state index >= 15 is 0 Å². The van der Waals surface area contributed by atoms with Gasteiger partial charge in [-0.3, -0.25) is 0 Å². The lowest BCUT2D eigenvalue weighted by Crippen LogP contribution is -2.37. The summed E-state index contributed by atoms with van der Waals surface area (Å²) in [6, 6.07) is 6.36. The van der Waals surface area contributed by atoms with E-state index in [1.54, 1.807) is 7.11 Å². The van der Waals surface area contributed by atoms with Crippen molar-refractivity contribution in [1.29, 1.82) is 0 Å². The predicted octanol–water partition coefficient (Wildman–Crippen LogP) is 2.44. The molecule has 0 aliphatic carbocycles. The number of nitrogen functional groups attached to an aromatic ring is 1. The molecule has 1 atom stereocenters. The summed E-state index contributed by atoms with van der Waals surface area (Å²) in [7, 11) is 1.78. The number of ether oxygens (including phenoxy) is 1. The summed E-state index contributed by atoms with van der Waals surface area (Å²) in [6.07, 6.45) is 2.51. The van der Waals surface area contributed by atoms with E-state index in [1.165, 1.54) is 18.5 Å². The molecule has 1 heterocycles. The summed E-state index contributed by atoms with van der Waals surface area (Å²) >= 11 is 0. The van der Waals surface area contributed by atoms with E-state index in [-0.39, 0.29) is 0 Å². The van der Waals surface area contributed by atoms with E-state index in [1.807, 2.05) is 6.92 Å². The topological polar surface area (TPSA) is 38.5 Å². The molecule has 0 radical (unpaired) electrons. The lowest BCUT2D eigenvalue weighted by atomic mass is 9.98. The van der Waals surface area contributed by atoms with Gasteiger partial charge in [-0.25, -0.2) is 0 Å². The SMILES string of the molecule is COCC1CCCN(c2ccc(C)c(N)c2)C1. The Labute approximate surface area is 104 Å². The van der Waals surface area contributed by atoms with Crippen LogP contribution < -0.4 is 10.6 Å². The van der Waals surface area contributed by atoms with Crippen LogP contribution in [0.1, 0.15) is 18.4 Å². The fourth-order valence-corrected chi connectivity index (χ4v) is 2.50. The van der Waals surface area contributed by atoms with Gasteiger partial charge in [-0.05, 0) is 43.4 Å². The van der Waals surface area contributed by atoms with Gasteiger partial charge < -0.3 is 15.4 Å². The molecule has 3 heteroatoms.